The van der Waals surface area contributed by atoms with Crippen LogP contribution < -0.4 is 15.4 Å². The molecule has 4 rings (SSSR count). The van der Waals surface area contributed by atoms with Gasteiger partial charge >= 0.3 is 0 Å². The van der Waals surface area contributed by atoms with Crippen LogP contribution in [-0.4, -0.2) is 78.5 Å². The molecule has 5 unspecified atom stereocenters. The number of carbonyl (C=O) groups excluding carboxylic acids is 2. The highest BCUT2D eigenvalue weighted by atomic mass is 16.5. The average Bonchev–Trinajstić information content (AvgIpc) is 3.55. The van der Waals surface area contributed by atoms with Crippen LogP contribution in [-0.2, 0) is 9.53 Å². The molecule has 2 aliphatic heterocycles. The monoisotopic (exact) mass is 455 g/mol. The van der Waals surface area contributed by atoms with Gasteiger partial charge in [0.05, 0.1) is 19.3 Å². The number of hydrogen-bond donors (Lipinski definition) is 4. The summed E-state index contributed by atoms with van der Waals surface area (Å²) < 4.78 is 10.8. The normalized spacial score (nSPS) is 25.7. The van der Waals surface area contributed by atoms with E-state index in [2.05, 4.69) is 21.7 Å². The highest BCUT2D eigenvalue weighted by Crippen LogP contribution is 2.29. The van der Waals surface area contributed by atoms with Crippen LogP contribution in [0.3, 0.4) is 0 Å². The van der Waals surface area contributed by atoms with E-state index in [1.807, 2.05) is 18.2 Å². The molecule has 1 aromatic heterocycles. The van der Waals surface area contributed by atoms with Crippen molar-refractivity contribution in [2.75, 3.05) is 27.3 Å². The Morgan fingerprint density at radius 2 is 2.21 bits per heavy atom. The first-order chi connectivity index (χ1) is 15.9. The van der Waals surface area contributed by atoms with Crippen molar-refractivity contribution in [2.45, 2.75) is 43.7 Å². The lowest BCUT2D eigenvalue weighted by Gasteiger charge is -2.25. The molecular formula is C23H29N5O5. The van der Waals surface area contributed by atoms with Gasteiger partial charge in [-0.3, -0.25) is 14.9 Å². The summed E-state index contributed by atoms with van der Waals surface area (Å²) in [6, 6.07) is 7.81. The average molecular weight is 456 g/mol. The molecule has 2 aliphatic rings. The van der Waals surface area contributed by atoms with Crippen molar-refractivity contribution < 1.29 is 24.2 Å². The number of aliphatic hydroxyl groups is 1. The SMILES string of the molecule is COc1cccc2[nH]c(C(=O)N3CC(OC)CC3C(=O)NC(C#N)CC3CCNC3O)cc12. The molecule has 33 heavy (non-hydrogen) atoms. The van der Waals surface area contributed by atoms with E-state index < -0.39 is 24.2 Å². The number of fused-ring (bicyclic) bond motifs is 1. The number of aliphatic hydroxyl groups excluding tert-OH is 1. The van der Waals surface area contributed by atoms with Gasteiger partial charge in [-0.05, 0) is 37.6 Å². The van der Waals surface area contributed by atoms with E-state index in [0.29, 0.717) is 30.8 Å². The number of H-pyrrole nitrogens is 1. The molecule has 176 valence electrons. The summed E-state index contributed by atoms with van der Waals surface area (Å²) in [6.45, 7) is 0.941. The molecule has 4 N–H and O–H groups in total. The largest absolute Gasteiger partial charge is 0.496 e. The summed E-state index contributed by atoms with van der Waals surface area (Å²) in [4.78, 5) is 31.1. The van der Waals surface area contributed by atoms with E-state index in [9.17, 15) is 20.0 Å². The molecule has 5 atom stereocenters. The number of aromatic nitrogens is 1. The van der Waals surface area contributed by atoms with E-state index in [1.54, 1.807) is 20.3 Å². The number of likely N-dealkylation sites (tertiary alicyclic amines) is 1. The molecule has 1 aromatic carbocycles. The van der Waals surface area contributed by atoms with Crippen LogP contribution in [0.2, 0.25) is 0 Å². The molecular weight excluding hydrogens is 426 g/mol. The second kappa shape index (κ2) is 9.79. The Kier molecular flexibility index (Phi) is 6.83. The third kappa shape index (κ3) is 4.66. The van der Waals surface area contributed by atoms with Crippen LogP contribution in [0.15, 0.2) is 24.3 Å². The minimum absolute atomic E-state index is 0.107. The minimum atomic E-state index is -0.766. The number of amides is 2. The lowest BCUT2D eigenvalue weighted by atomic mass is 9.98. The first-order valence-corrected chi connectivity index (χ1v) is 11.1. The van der Waals surface area contributed by atoms with Gasteiger partial charge in [0.15, 0.2) is 0 Å². The molecule has 2 saturated heterocycles. The Bertz CT molecular complexity index is 1060. The molecule has 0 spiro atoms. The van der Waals surface area contributed by atoms with Crippen molar-refractivity contribution in [1.82, 2.24) is 20.5 Å². The van der Waals surface area contributed by atoms with Crippen LogP contribution in [0.25, 0.3) is 10.9 Å². The number of nitrogens with one attached hydrogen (secondary N) is 3. The van der Waals surface area contributed by atoms with E-state index in [-0.39, 0.29) is 24.5 Å². The van der Waals surface area contributed by atoms with Crippen molar-refractivity contribution in [3.05, 3.63) is 30.0 Å². The summed E-state index contributed by atoms with van der Waals surface area (Å²) in [5.74, 6) is -0.182. The predicted molar refractivity (Wildman–Crippen MR) is 119 cm³/mol. The molecule has 0 radical (unpaired) electrons. The zero-order valence-electron chi connectivity index (χ0n) is 18.7. The van der Waals surface area contributed by atoms with Crippen LogP contribution in [0.1, 0.15) is 29.8 Å². The fourth-order valence-electron chi connectivity index (χ4n) is 4.72. The number of carbonyl (C=O) groups is 2. The van der Waals surface area contributed by atoms with Gasteiger partial charge < -0.3 is 29.8 Å². The lowest BCUT2D eigenvalue weighted by molar-refractivity contribution is -0.125. The first-order valence-electron chi connectivity index (χ1n) is 11.1. The van der Waals surface area contributed by atoms with Gasteiger partial charge in [-0.2, -0.15) is 5.26 Å². The van der Waals surface area contributed by atoms with Gasteiger partial charge in [0.2, 0.25) is 5.91 Å². The number of benzene rings is 1. The molecule has 0 bridgehead atoms. The molecule has 10 heteroatoms. The number of methoxy groups -OCH3 is 2. The molecule has 10 nitrogen and oxygen atoms in total. The van der Waals surface area contributed by atoms with Crippen molar-refractivity contribution in [3.63, 3.8) is 0 Å². The molecule has 2 aromatic rings. The minimum Gasteiger partial charge on any atom is -0.496 e. The zero-order valence-corrected chi connectivity index (χ0v) is 18.7. The molecule has 3 heterocycles. The third-order valence-corrected chi connectivity index (χ3v) is 6.56. The van der Waals surface area contributed by atoms with Crippen molar-refractivity contribution in [3.8, 4) is 11.8 Å². The third-order valence-electron chi connectivity index (χ3n) is 6.56. The Morgan fingerprint density at radius 1 is 1.39 bits per heavy atom. The molecule has 0 saturated carbocycles. The van der Waals surface area contributed by atoms with Crippen LogP contribution in [0.5, 0.6) is 5.75 Å². The number of nitrogens with zero attached hydrogens (tertiary/aromatic N) is 2. The lowest BCUT2D eigenvalue weighted by Crippen LogP contribution is -2.49. The van der Waals surface area contributed by atoms with Crippen molar-refractivity contribution in [1.29, 1.82) is 5.26 Å². The van der Waals surface area contributed by atoms with Gasteiger partial charge in [0, 0.05) is 36.9 Å². The summed E-state index contributed by atoms with van der Waals surface area (Å²) >= 11 is 0. The maximum absolute atomic E-state index is 13.4. The molecule has 2 amide bonds. The standard InChI is InChI=1S/C23H29N5O5/c1-32-15-9-19(22(30)26-14(11-24)8-13-6-7-25-21(13)29)28(12-15)23(31)18-10-16-17(27-18)4-3-5-20(16)33-2/h3-5,10,13-15,19,21,25,27,29H,6-9,12H2,1-2H3,(H,26,30). The number of ether oxygens (including phenoxy) is 2. The fraction of sp³-hybridized carbons (Fsp3) is 0.522. The summed E-state index contributed by atoms with van der Waals surface area (Å²) in [6.07, 6.45) is 0.443. The van der Waals surface area contributed by atoms with Crippen molar-refractivity contribution >= 4 is 22.7 Å². The van der Waals surface area contributed by atoms with Crippen LogP contribution in [0, 0.1) is 17.2 Å². The Balaban J connectivity index is 1.51. The number of hydrogen-bond acceptors (Lipinski definition) is 7. The number of aromatic amines is 1. The highest BCUT2D eigenvalue weighted by Gasteiger charge is 2.41. The number of rotatable bonds is 7. The van der Waals surface area contributed by atoms with Crippen LogP contribution in [0.4, 0.5) is 0 Å². The Morgan fingerprint density at radius 3 is 2.88 bits per heavy atom. The van der Waals surface area contributed by atoms with Gasteiger partial charge in [0.1, 0.15) is 29.8 Å². The highest BCUT2D eigenvalue weighted by molar-refractivity contribution is 6.01. The van der Waals surface area contributed by atoms with Gasteiger partial charge in [-0.1, -0.05) is 6.07 Å². The second-order valence-corrected chi connectivity index (χ2v) is 8.54. The maximum atomic E-state index is 13.4. The molecule has 0 aliphatic carbocycles. The summed E-state index contributed by atoms with van der Waals surface area (Å²) in [7, 11) is 3.12. The summed E-state index contributed by atoms with van der Waals surface area (Å²) in [5.41, 5.74) is 1.11. The van der Waals surface area contributed by atoms with E-state index in [0.717, 1.165) is 17.3 Å². The predicted octanol–water partition coefficient (Wildman–Crippen LogP) is 0.732. The van der Waals surface area contributed by atoms with E-state index in [4.69, 9.17) is 9.47 Å². The van der Waals surface area contributed by atoms with E-state index >= 15 is 0 Å². The smallest absolute Gasteiger partial charge is 0.271 e. The van der Waals surface area contributed by atoms with Gasteiger partial charge in [0.25, 0.3) is 5.91 Å². The first kappa shape index (κ1) is 23.0. The topological polar surface area (TPSA) is 140 Å². The fourth-order valence-corrected chi connectivity index (χ4v) is 4.72. The van der Waals surface area contributed by atoms with E-state index in [1.165, 1.54) is 4.90 Å². The van der Waals surface area contributed by atoms with Gasteiger partial charge in [-0.15, -0.1) is 0 Å². The maximum Gasteiger partial charge on any atom is 0.271 e. The Labute approximate surface area is 191 Å². The Hall–Kier alpha value is -3.13. The van der Waals surface area contributed by atoms with Crippen LogP contribution >= 0.6 is 0 Å². The summed E-state index contributed by atoms with van der Waals surface area (Å²) in [5, 5.41) is 26.0. The zero-order chi connectivity index (χ0) is 23.5. The molecule has 2 fully saturated rings. The quantitative estimate of drug-likeness (QED) is 0.483. The second-order valence-electron chi connectivity index (χ2n) is 8.54. The van der Waals surface area contributed by atoms with Gasteiger partial charge in [-0.25, -0.2) is 0 Å². The number of nitriles is 1. The van der Waals surface area contributed by atoms with Crippen molar-refractivity contribution in [2.24, 2.45) is 5.92 Å².